The molecule has 0 atom stereocenters. The van der Waals surface area contributed by atoms with E-state index in [0.717, 1.165) is 24.8 Å². The second-order valence-corrected chi connectivity index (χ2v) is 7.61. The van der Waals surface area contributed by atoms with Crippen LogP contribution in [0.2, 0.25) is 0 Å². The van der Waals surface area contributed by atoms with E-state index in [1.54, 1.807) is 11.3 Å². The zero-order valence-electron chi connectivity index (χ0n) is 13.6. The zero-order chi connectivity index (χ0) is 16.1. The van der Waals surface area contributed by atoms with Crippen molar-refractivity contribution >= 4 is 23.2 Å². The fraction of sp³-hybridized carbons (Fsp3) is 0.667. The van der Waals surface area contributed by atoms with Crippen molar-refractivity contribution in [1.29, 1.82) is 0 Å². The van der Waals surface area contributed by atoms with E-state index >= 15 is 0 Å². The van der Waals surface area contributed by atoms with Crippen molar-refractivity contribution in [1.82, 2.24) is 5.32 Å². The van der Waals surface area contributed by atoms with Gasteiger partial charge < -0.3 is 10.1 Å². The van der Waals surface area contributed by atoms with E-state index in [-0.39, 0.29) is 18.5 Å². The predicted molar refractivity (Wildman–Crippen MR) is 90.8 cm³/mol. The lowest BCUT2D eigenvalue weighted by molar-refractivity contribution is -0.124. The van der Waals surface area contributed by atoms with Crippen LogP contribution in [0.1, 0.15) is 65.7 Å². The van der Waals surface area contributed by atoms with Gasteiger partial charge >= 0.3 is 5.97 Å². The van der Waals surface area contributed by atoms with Gasteiger partial charge in [-0.15, -0.1) is 11.3 Å². The van der Waals surface area contributed by atoms with E-state index in [2.05, 4.69) is 5.32 Å². The lowest BCUT2D eigenvalue weighted by Crippen LogP contribution is -2.33. The maximum atomic E-state index is 12.2. The molecular weight excluding hydrogens is 310 g/mol. The molecule has 1 N–H and O–H groups in total. The number of hydrogen-bond acceptors (Lipinski definition) is 4. The second kappa shape index (κ2) is 7.95. The third-order valence-electron chi connectivity index (χ3n) is 4.93. The van der Waals surface area contributed by atoms with Crippen molar-refractivity contribution in [2.24, 2.45) is 5.92 Å². The summed E-state index contributed by atoms with van der Waals surface area (Å²) in [6.07, 6.45) is 10.6. The molecule has 23 heavy (non-hydrogen) atoms. The molecule has 0 aromatic carbocycles. The number of aryl methyl sites for hydroxylation is 1. The van der Waals surface area contributed by atoms with Crippen molar-refractivity contribution in [3.05, 3.63) is 21.4 Å². The van der Waals surface area contributed by atoms with Gasteiger partial charge in [-0.1, -0.05) is 19.3 Å². The lowest BCUT2D eigenvalue weighted by atomic mass is 9.89. The molecule has 5 heteroatoms. The Hall–Kier alpha value is -1.36. The largest absolute Gasteiger partial charge is 0.452 e. The number of ether oxygens (including phenoxy) is 1. The van der Waals surface area contributed by atoms with Crippen LogP contribution < -0.4 is 5.32 Å². The van der Waals surface area contributed by atoms with Gasteiger partial charge in [0.05, 0.1) is 5.56 Å². The Kier molecular flexibility index (Phi) is 5.70. The Labute approximate surface area is 141 Å². The van der Waals surface area contributed by atoms with Crippen molar-refractivity contribution in [2.45, 2.75) is 57.8 Å². The predicted octanol–water partition coefficient (Wildman–Crippen LogP) is 3.48. The molecule has 1 fully saturated rings. The number of carbonyl (C=O) groups is 2. The van der Waals surface area contributed by atoms with Gasteiger partial charge in [0.15, 0.2) is 6.61 Å². The summed E-state index contributed by atoms with van der Waals surface area (Å²) in [7, 11) is 0. The Bertz CT molecular complexity index is 561. The molecule has 0 saturated heterocycles. The summed E-state index contributed by atoms with van der Waals surface area (Å²) < 4.78 is 5.21. The third-order valence-corrected chi connectivity index (χ3v) is 6.02. The molecule has 126 valence electrons. The number of thiophene rings is 1. The van der Waals surface area contributed by atoms with Crippen LogP contribution in [0.3, 0.4) is 0 Å². The smallest absolute Gasteiger partial charge is 0.339 e. The van der Waals surface area contributed by atoms with Gasteiger partial charge in [0.1, 0.15) is 0 Å². The fourth-order valence-corrected chi connectivity index (χ4v) is 4.69. The van der Waals surface area contributed by atoms with E-state index in [9.17, 15) is 9.59 Å². The molecule has 1 saturated carbocycles. The molecule has 1 amide bonds. The van der Waals surface area contributed by atoms with E-state index < -0.39 is 0 Å². The molecule has 2 aliphatic carbocycles. The zero-order valence-corrected chi connectivity index (χ0v) is 14.4. The van der Waals surface area contributed by atoms with Crippen LogP contribution in [0, 0.1) is 5.92 Å². The average molecular weight is 335 g/mol. The highest BCUT2D eigenvalue weighted by molar-refractivity contribution is 7.10. The molecule has 0 aliphatic heterocycles. The molecule has 1 aromatic heterocycles. The quantitative estimate of drug-likeness (QED) is 0.838. The van der Waals surface area contributed by atoms with Gasteiger partial charge in [0, 0.05) is 16.8 Å². The van der Waals surface area contributed by atoms with Crippen molar-refractivity contribution in [3.63, 3.8) is 0 Å². The van der Waals surface area contributed by atoms with Gasteiger partial charge in [-0.25, -0.2) is 4.79 Å². The summed E-state index contributed by atoms with van der Waals surface area (Å²) in [6, 6.07) is 0. The fourth-order valence-electron chi connectivity index (χ4n) is 3.57. The molecule has 0 unspecified atom stereocenters. The van der Waals surface area contributed by atoms with Crippen LogP contribution in [0.15, 0.2) is 5.38 Å². The van der Waals surface area contributed by atoms with Crippen LogP contribution in [0.5, 0.6) is 0 Å². The van der Waals surface area contributed by atoms with Gasteiger partial charge in [-0.3, -0.25) is 4.79 Å². The SMILES string of the molecule is O=C(COC(=O)c1csc2c1CCCC2)NCC1CCCCC1. The molecular formula is C18H25NO3S. The van der Waals surface area contributed by atoms with Crippen LogP contribution in [0.4, 0.5) is 0 Å². The first-order valence-corrected chi connectivity index (χ1v) is 9.65. The van der Waals surface area contributed by atoms with Crippen LogP contribution in [0.25, 0.3) is 0 Å². The van der Waals surface area contributed by atoms with Crippen molar-refractivity contribution in [2.75, 3.05) is 13.2 Å². The minimum Gasteiger partial charge on any atom is -0.452 e. The monoisotopic (exact) mass is 335 g/mol. The minimum absolute atomic E-state index is 0.170. The number of rotatable bonds is 5. The summed E-state index contributed by atoms with van der Waals surface area (Å²) >= 11 is 1.64. The molecule has 0 spiro atoms. The third kappa shape index (κ3) is 4.34. The summed E-state index contributed by atoms with van der Waals surface area (Å²) in [6.45, 7) is 0.542. The first-order valence-electron chi connectivity index (χ1n) is 8.77. The number of hydrogen-bond donors (Lipinski definition) is 1. The van der Waals surface area contributed by atoms with Crippen LogP contribution >= 0.6 is 11.3 Å². The molecule has 4 nitrogen and oxygen atoms in total. The Balaban J connectivity index is 1.43. The Morgan fingerprint density at radius 3 is 2.74 bits per heavy atom. The van der Waals surface area contributed by atoms with E-state index in [0.29, 0.717) is 18.0 Å². The standard InChI is InChI=1S/C18H25NO3S/c20-17(19-10-13-6-2-1-3-7-13)11-22-18(21)15-12-23-16-9-5-4-8-14(15)16/h12-13H,1-11H2,(H,19,20). The van der Waals surface area contributed by atoms with Gasteiger partial charge in [0.25, 0.3) is 5.91 Å². The van der Waals surface area contributed by atoms with Gasteiger partial charge in [-0.2, -0.15) is 0 Å². The minimum atomic E-state index is -0.350. The topological polar surface area (TPSA) is 55.4 Å². The summed E-state index contributed by atoms with van der Waals surface area (Å²) in [5, 5.41) is 4.79. The van der Waals surface area contributed by atoms with E-state index in [1.165, 1.54) is 43.4 Å². The highest BCUT2D eigenvalue weighted by Crippen LogP contribution is 2.30. The highest BCUT2D eigenvalue weighted by Gasteiger charge is 2.22. The molecule has 1 aromatic rings. The molecule has 1 heterocycles. The number of fused-ring (bicyclic) bond motifs is 1. The number of amides is 1. The average Bonchev–Trinajstić information content (AvgIpc) is 3.03. The lowest BCUT2D eigenvalue weighted by Gasteiger charge is -2.21. The molecule has 3 rings (SSSR count). The summed E-state index contributed by atoms with van der Waals surface area (Å²) in [5.41, 5.74) is 1.82. The van der Waals surface area contributed by atoms with Gasteiger partial charge in [0.2, 0.25) is 0 Å². The van der Waals surface area contributed by atoms with E-state index in [4.69, 9.17) is 4.74 Å². The number of esters is 1. The Morgan fingerprint density at radius 1 is 1.13 bits per heavy atom. The number of nitrogens with one attached hydrogen (secondary N) is 1. The maximum absolute atomic E-state index is 12.2. The Morgan fingerprint density at radius 2 is 1.91 bits per heavy atom. The maximum Gasteiger partial charge on any atom is 0.339 e. The summed E-state index contributed by atoms with van der Waals surface area (Å²) in [4.78, 5) is 25.4. The van der Waals surface area contributed by atoms with Crippen LogP contribution in [-0.2, 0) is 22.4 Å². The van der Waals surface area contributed by atoms with Crippen molar-refractivity contribution < 1.29 is 14.3 Å². The van der Waals surface area contributed by atoms with Gasteiger partial charge in [-0.05, 0) is 50.0 Å². The first-order chi connectivity index (χ1) is 11.2. The van der Waals surface area contributed by atoms with Crippen molar-refractivity contribution in [3.8, 4) is 0 Å². The summed E-state index contributed by atoms with van der Waals surface area (Å²) in [5.74, 6) is 0.0533. The molecule has 0 bridgehead atoms. The molecule has 0 radical (unpaired) electrons. The first kappa shape index (κ1) is 16.5. The normalized spacial score (nSPS) is 18.3. The van der Waals surface area contributed by atoms with E-state index in [1.807, 2.05) is 5.38 Å². The van der Waals surface area contributed by atoms with Crippen LogP contribution in [-0.4, -0.2) is 25.0 Å². The highest BCUT2D eigenvalue weighted by atomic mass is 32.1. The number of carbonyl (C=O) groups excluding carboxylic acids is 2. The molecule has 2 aliphatic rings. The second-order valence-electron chi connectivity index (χ2n) is 6.64.